The summed E-state index contributed by atoms with van der Waals surface area (Å²) in [6, 6.07) is 0.250. The molecule has 0 saturated carbocycles. The van der Waals surface area contributed by atoms with Gasteiger partial charge in [0.25, 0.3) is 0 Å². The quantitative estimate of drug-likeness (QED) is 0.840. The maximum absolute atomic E-state index is 12.4. The van der Waals surface area contributed by atoms with E-state index >= 15 is 0 Å². The lowest BCUT2D eigenvalue weighted by molar-refractivity contribution is -0.137. The van der Waals surface area contributed by atoms with Crippen molar-refractivity contribution in [1.29, 1.82) is 0 Å². The molecule has 0 bridgehead atoms. The predicted molar refractivity (Wildman–Crippen MR) is 85.4 cm³/mol. The molecule has 1 amide bonds. The number of rotatable bonds is 5. The molecule has 0 spiro atoms. The molecule has 2 unspecified atom stereocenters. The first-order valence-corrected chi connectivity index (χ1v) is 8.26. The number of hydrogen-bond donors (Lipinski definition) is 1. The van der Waals surface area contributed by atoms with Crippen LogP contribution in [0, 0.1) is 17.3 Å². The monoisotopic (exact) mass is 282 g/mol. The Bertz CT molecular complexity index is 299. The van der Waals surface area contributed by atoms with Crippen LogP contribution in [0.2, 0.25) is 0 Å². The van der Waals surface area contributed by atoms with Gasteiger partial charge in [0.2, 0.25) is 5.91 Å². The van der Waals surface area contributed by atoms with Gasteiger partial charge in [-0.15, -0.1) is 0 Å². The van der Waals surface area contributed by atoms with Gasteiger partial charge in [0.05, 0.1) is 0 Å². The molecule has 0 aromatic carbocycles. The van der Waals surface area contributed by atoms with E-state index in [-0.39, 0.29) is 12.0 Å². The van der Waals surface area contributed by atoms with E-state index in [9.17, 15) is 4.79 Å². The fraction of sp³-hybridized carbons (Fsp3) is 0.941. The first-order chi connectivity index (χ1) is 9.21. The summed E-state index contributed by atoms with van der Waals surface area (Å²) in [6.45, 7) is 12.9. The number of likely N-dealkylation sites (tertiary alicyclic amines) is 1. The average molecular weight is 282 g/mol. The third-order valence-electron chi connectivity index (χ3n) is 4.75. The van der Waals surface area contributed by atoms with Crippen molar-refractivity contribution in [2.45, 2.75) is 72.8 Å². The van der Waals surface area contributed by atoms with Gasteiger partial charge in [-0.25, -0.2) is 0 Å². The van der Waals surface area contributed by atoms with E-state index in [1.165, 1.54) is 0 Å². The SMILES string of the molecule is CC(N)CCCC(C)C(=O)N1CCC(C(C)(C)C)CC1. The van der Waals surface area contributed by atoms with Crippen molar-refractivity contribution < 1.29 is 4.79 Å². The second kappa shape index (κ2) is 7.44. The summed E-state index contributed by atoms with van der Waals surface area (Å²) in [7, 11) is 0. The molecule has 0 radical (unpaired) electrons. The normalized spacial score (nSPS) is 20.8. The lowest BCUT2D eigenvalue weighted by Crippen LogP contribution is -2.43. The largest absolute Gasteiger partial charge is 0.342 e. The Labute approximate surface area is 125 Å². The summed E-state index contributed by atoms with van der Waals surface area (Å²) in [5.41, 5.74) is 6.13. The summed E-state index contributed by atoms with van der Waals surface area (Å²) in [4.78, 5) is 14.5. The molecule has 3 heteroatoms. The highest BCUT2D eigenvalue weighted by atomic mass is 16.2. The number of carbonyl (C=O) groups excluding carboxylic acids is 1. The maximum atomic E-state index is 12.4. The fourth-order valence-corrected chi connectivity index (χ4v) is 3.15. The molecule has 1 heterocycles. The van der Waals surface area contributed by atoms with Gasteiger partial charge in [-0.3, -0.25) is 4.79 Å². The topological polar surface area (TPSA) is 46.3 Å². The standard InChI is InChI=1S/C17H34N2O/c1-13(7-6-8-14(2)18)16(20)19-11-9-15(10-12-19)17(3,4)5/h13-15H,6-12,18H2,1-5H3. The third-order valence-corrected chi connectivity index (χ3v) is 4.75. The Morgan fingerprint density at radius 3 is 2.20 bits per heavy atom. The van der Waals surface area contributed by atoms with Crippen LogP contribution in [0.5, 0.6) is 0 Å². The number of hydrogen-bond acceptors (Lipinski definition) is 2. The van der Waals surface area contributed by atoms with Gasteiger partial charge in [0, 0.05) is 25.0 Å². The van der Waals surface area contributed by atoms with Crippen molar-refractivity contribution in [3.63, 3.8) is 0 Å². The molecule has 1 fully saturated rings. The van der Waals surface area contributed by atoms with Gasteiger partial charge in [0.15, 0.2) is 0 Å². The Balaban J connectivity index is 2.35. The Morgan fingerprint density at radius 1 is 1.20 bits per heavy atom. The van der Waals surface area contributed by atoms with Crippen molar-refractivity contribution in [2.24, 2.45) is 23.0 Å². The van der Waals surface area contributed by atoms with E-state index < -0.39 is 0 Å². The highest BCUT2D eigenvalue weighted by Gasteiger charge is 2.31. The number of nitrogens with two attached hydrogens (primary N) is 1. The van der Waals surface area contributed by atoms with Gasteiger partial charge in [-0.2, -0.15) is 0 Å². The van der Waals surface area contributed by atoms with Gasteiger partial charge >= 0.3 is 0 Å². The molecular formula is C17H34N2O. The highest BCUT2D eigenvalue weighted by molar-refractivity contribution is 5.78. The van der Waals surface area contributed by atoms with Crippen LogP contribution in [0.15, 0.2) is 0 Å². The average Bonchev–Trinajstić information content (AvgIpc) is 2.36. The van der Waals surface area contributed by atoms with Gasteiger partial charge < -0.3 is 10.6 Å². The molecule has 2 N–H and O–H groups in total. The van der Waals surface area contributed by atoms with Crippen LogP contribution in [-0.4, -0.2) is 29.9 Å². The smallest absolute Gasteiger partial charge is 0.225 e. The Hall–Kier alpha value is -0.570. The van der Waals surface area contributed by atoms with Crippen LogP contribution in [0.25, 0.3) is 0 Å². The number of amides is 1. The van der Waals surface area contributed by atoms with Crippen molar-refractivity contribution >= 4 is 5.91 Å². The lowest BCUT2D eigenvalue weighted by atomic mass is 9.75. The second-order valence-electron chi connectivity index (χ2n) is 7.77. The molecule has 2 atom stereocenters. The fourth-order valence-electron chi connectivity index (χ4n) is 3.15. The van der Waals surface area contributed by atoms with E-state index in [1.54, 1.807) is 0 Å². The molecule has 1 aliphatic rings. The van der Waals surface area contributed by atoms with E-state index in [0.29, 0.717) is 11.3 Å². The molecule has 3 nitrogen and oxygen atoms in total. The molecule has 20 heavy (non-hydrogen) atoms. The van der Waals surface area contributed by atoms with E-state index in [4.69, 9.17) is 5.73 Å². The van der Waals surface area contributed by atoms with E-state index in [0.717, 1.165) is 51.1 Å². The lowest BCUT2D eigenvalue weighted by Gasteiger charge is -2.39. The molecule has 0 aliphatic carbocycles. The van der Waals surface area contributed by atoms with Gasteiger partial charge in [-0.1, -0.05) is 34.1 Å². The zero-order valence-electron chi connectivity index (χ0n) is 14.1. The minimum Gasteiger partial charge on any atom is -0.342 e. The molecule has 0 aromatic rings. The van der Waals surface area contributed by atoms with Crippen LogP contribution >= 0.6 is 0 Å². The zero-order valence-corrected chi connectivity index (χ0v) is 14.1. The van der Waals surface area contributed by atoms with Crippen molar-refractivity contribution in [3.8, 4) is 0 Å². The van der Waals surface area contributed by atoms with E-state index in [2.05, 4.69) is 32.6 Å². The molecule has 1 saturated heterocycles. The summed E-state index contributed by atoms with van der Waals surface area (Å²) >= 11 is 0. The molecule has 1 rings (SSSR count). The molecular weight excluding hydrogens is 248 g/mol. The Morgan fingerprint density at radius 2 is 1.75 bits per heavy atom. The van der Waals surface area contributed by atoms with Gasteiger partial charge in [0.1, 0.15) is 0 Å². The summed E-state index contributed by atoms with van der Waals surface area (Å²) in [6.07, 6.45) is 5.36. The summed E-state index contributed by atoms with van der Waals surface area (Å²) < 4.78 is 0. The number of nitrogens with zero attached hydrogens (tertiary/aromatic N) is 1. The minimum absolute atomic E-state index is 0.153. The van der Waals surface area contributed by atoms with Crippen LogP contribution in [-0.2, 0) is 4.79 Å². The zero-order chi connectivity index (χ0) is 15.3. The number of piperidine rings is 1. The first-order valence-electron chi connectivity index (χ1n) is 8.26. The maximum Gasteiger partial charge on any atom is 0.225 e. The minimum atomic E-state index is 0.153. The summed E-state index contributed by atoms with van der Waals surface area (Å²) in [5, 5.41) is 0. The molecule has 0 aromatic heterocycles. The predicted octanol–water partition coefficient (Wildman–Crippen LogP) is 3.42. The van der Waals surface area contributed by atoms with Crippen LogP contribution in [0.3, 0.4) is 0 Å². The van der Waals surface area contributed by atoms with Crippen molar-refractivity contribution in [2.75, 3.05) is 13.1 Å². The van der Waals surface area contributed by atoms with Crippen molar-refractivity contribution in [3.05, 3.63) is 0 Å². The molecule has 118 valence electrons. The van der Waals surface area contributed by atoms with Crippen LogP contribution < -0.4 is 5.73 Å². The molecule has 1 aliphatic heterocycles. The van der Waals surface area contributed by atoms with Gasteiger partial charge in [-0.05, 0) is 43.9 Å². The van der Waals surface area contributed by atoms with E-state index in [1.807, 2.05) is 6.92 Å². The second-order valence-corrected chi connectivity index (χ2v) is 7.77. The van der Waals surface area contributed by atoms with Crippen LogP contribution in [0.1, 0.15) is 66.7 Å². The third kappa shape index (κ3) is 5.43. The number of carbonyl (C=O) groups is 1. The first kappa shape index (κ1) is 17.5. The van der Waals surface area contributed by atoms with Crippen molar-refractivity contribution in [1.82, 2.24) is 4.90 Å². The van der Waals surface area contributed by atoms with Crippen LogP contribution in [0.4, 0.5) is 0 Å². The highest BCUT2D eigenvalue weighted by Crippen LogP contribution is 2.34. The Kier molecular flexibility index (Phi) is 6.50. The summed E-state index contributed by atoms with van der Waals surface area (Å²) in [5.74, 6) is 1.25.